The third-order valence-corrected chi connectivity index (χ3v) is 9.06. The highest BCUT2D eigenvalue weighted by Crippen LogP contribution is 2.39. The molecule has 0 amide bonds. The van der Waals surface area contributed by atoms with Crippen LogP contribution in [0.1, 0.15) is 37.5 Å². The number of carbonyl (C=O) groups excluding carboxylic acids is 1. The molecule has 7 heteroatoms. The number of nitrogens with one attached hydrogen (secondary N) is 1. The van der Waals surface area contributed by atoms with Crippen LogP contribution in [0.3, 0.4) is 0 Å². The Morgan fingerprint density at radius 2 is 1.60 bits per heavy atom. The first kappa shape index (κ1) is 27.5. The SMILES string of the molecule is Cc1ccc(S(=O)(=O)NC(C)C(=O)Oc2ccc3ccccc3c2C=CC2=[N+](C)c3ccccc3C2(C)C)cc1. The van der Waals surface area contributed by atoms with Gasteiger partial charge in [-0.15, -0.1) is 0 Å². The Labute approximate surface area is 235 Å². The van der Waals surface area contributed by atoms with Gasteiger partial charge < -0.3 is 4.74 Å². The Hall–Kier alpha value is -4.07. The van der Waals surface area contributed by atoms with Gasteiger partial charge >= 0.3 is 5.97 Å². The van der Waals surface area contributed by atoms with E-state index in [2.05, 4.69) is 54.5 Å². The van der Waals surface area contributed by atoms with Crippen molar-refractivity contribution in [2.45, 2.75) is 44.0 Å². The van der Waals surface area contributed by atoms with Crippen molar-refractivity contribution in [3.05, 3.63) is 108 Å². The number of hydrogen-bond donors (Lipinski definition) is 1. The third-order valence-electron chi connectivity index (χ3n) is 7.51. The molecule has 1 N–H and O–H groups in total. The molecule has 1 aliphatic heterocycles. The number of aryl methyl sites for hydroxylation is 1. The second kappa shape index (κ2) is 10.5. The zero-order valence-electron chi connectivity index (χ0n) is 23.3. The number of ether oxygens (including phenoxy) is 1. The van der Waals surface area contributed by atoms with Crippen LogP contribution in [0.5, 0.6) is 5.75 Å². The van der Waals surface area contributed by atoms with Crippen LogP contribution < -0.4 is 9.46 Å². The van der Waals surface area contributed by atoms with E-state index in [-0.39, 0.29) is 10.3 Å². The lowest BCUT2D eigenvalue weighted by Gasteiger charge is -2.17. The number of esters is 1. The van der Waals surface area contributed by atoms with Crippen LogP contribution in [0.15, 0.2) is 95.9 Å². The second-order valence-corrected chi connectivity index (χ2v) is 12.4. The Kier molecular flexibility index (Phi) is 7.21. The maximum Gasteiger partial charge on any atom is 0.329 e. The fourth-order valence-corrected chi connectivity index (χ4v) is 6.46. The molecule has 0 radical (unpaired) electrons. The molecule has 0 spiro atoms. The Balaban J connectivity index is 1.46. The molecule has 4 aromatic rings. The van der Waals surface area contributed by atoms with Crippen LogP contribution in [-0.2, 0) is 20.2 Å². The molecule has 0 saturated carbocycles. The molecule has 0 fully saturated rings. The maximum atomic E-state index is 13.1. The fraction of sp³-hybridized carbons (Fsp3) is 0.212. The molecular formula is C33H33N2O4S+. The Morgan fingerprint density at radius 3 is 2.33 bits per heavy atom. The van der Waals surface area contributed by atoms with Gasteiger partial charge in [0, 0.05) is 23.3 Å². The van der Waals surface area contributed by atoms with Gasteiger partial charge in [0.2, 0.25) is 15.7 Å². The molecule has 1 atom stereocenters. The summed E-state index contributed by atoms with van der Waals surface area (Å²) in [4.78, 5) is 13.2. The average Bonchev–Trinajstić information content (AvgIpc) is 3.12. The fourth-order valence-electron chi connectivity index (χ4n) is 5.26. The molecule has 1 aliphatic rings. The lowest BCUT2D eigenvalue weighted by Crippen LogP contribution is -2.40. The maximum absolute atomic E-state index is 13.1. The predicted molar refractivity (Wildman–Crippen MR) is 160 cm³/mol. The summed E-state index contributed by atoms with van der Waals surface area (Å²) in [5.74, 6) is -0.336. The van der Waals surface area contributed by atoms with Crippen LogP contribution in [0.2, 0.25) is 0 Å². The van der Waals surface area contributed by atoms with Gasteiger partial charge in [-0.2, -0.15) is 9.30 Å². The predicted octanol–water partition coefficient (Wildman–Crippen LogP) is 6.14. The summed E-state index contributed by atoms with van der Waals surface area (Å²) in [7, 11) is -1.84. The summed E-state index contributed by atoms with van der Waals surface area (Å²) in [6.45, 7) is 7.75. The van der Waals surface area contributed by atoms with Crippen LogP contribution in [-0.4, -0.2) is 37.8 Å². The van der Waals surface area contributed by atoms with Gasteiger partial charge in [-0.05, 0) is 62.7 Å². The van der Waals surface area contributed by atoms with E-state index in [0.29, 0.717) is 5.75 Å². The number of hydrogen-bond acceptors (Lipinski definition) is 4. The van der Waals surface area contributed by atoms with Crippen molar-refractivity contribution in [1.29, 1.82) is 0 Å². The van der Waals surface area contributed by atoms with Crippen molar-refractivity contribution < 1.29 is 22.5 Å². The molecule has 204 valence electrons. The van der Waals surface area contributed by atoms with Crippen LogP contribution in [0.4, 0.5) is 5.69 Å². The number of fused-ring (bicyclic) bond motifs is 2. The molecule has 0 aromatic heterocycles. The molecule has 4 aromatic carbocycles. The van der Waals surface area contributed by atoms with E-state index in [1.807, 2.05) is 49.4 Å². The van der Waals surface area contributed by atoms with E-state index in [1.165, 1.54) is 24.6 Å². The number of benzene rings is 4. The summed E-state index contributed by atoms with van der Waals surface area (Å²) in [5, 5.41) is 1.93. The molecule has 6 nitrogen and oxygen atoms in total. The van der Waals surface area contributed by atoms with E-state index in [0.717, 1.165) is 33.3 Å². The van der Waals surface area contributed by atoms with Crippen molar-refractivity contribution in [2.75, 3.05) is 7.05 Å². The number of carbonyl (C=O) groups is 1. The minimum absolute atomic E-state index is 0.0911. The number of rotatable bonds is 7. The van der Waals surface area contributed by atoms with Gasteiger partial charge in [0.1, 0.15) is 18.8 Å². The summed E-state index contributed by atoms with van der Waals surface area (Å²) in [5.41, 5.74) is 4.98. The van der Waals surface area contributed by atoms with Crippen LogP contribution >= 0.6 is 0 Å². The van der Waals surface area contributed by atoms with Gasteiger partial charge in [-0.25, -0.2) is 13.2 Å². The normalized spacial score (nSPS) is 15.4. The summed E-state index contributed by atoms with van der Waals surface area (Å²) in [6.07, 6.45) is 4.05. The second-order valence-electron chi connectivity index (χ2n) is 10.7. The van der Waals surface area contributed by atoms with Gasteiger partial charge in [-0.1, -0.05) is 66.2 Å². The largest absolute Gasteiger partial charge is 0.425 e. The van der Waals surface area contributed by atoms with Crippen LogP contribution in [0, 0.1) is 6.92 Å². The van der Waals surface area contributed by atoms with Crippen LogP contribution in [0.25, 0.3) is 16.8 Å². The van der Waals surface area contributed by atoms with Crippen molar-refractivity contribution in [2.24, 2.45) is 0 Å². The van der Waals surface area contributed by atoms with Gasteiger partial charge in [0.15, 0.2) is 5.71 Å². The topological polar surface area (TPSA) is 75.5 Å². The van der Waals surface area contributed by atoms with Gasteiger partial charge in [0.05, 0.1) is 10.3 Å². The van der Waals surface area contributed by atoms with Crippen molar-refractivity contribution in [3.63, 3.8) is 0 Å². The van der Waals surface area contributed by atoms with Crippen molar-refractivity contribution in [1.82, 2.24) is 4.72 Å². The monoisotopic (exact) mass is 553 g/mol. The molecule has 40 heavy (non-hydrogen) atoms. The van der Waals surface area contributed by atoms with Gasteiger partial charge in [0.25, 0.3) is 0 Å². The Morgan fingerprint density at radius 1 is 0.925 bits per heavy atom. The molecule has 0 aliphatic carbocycles. The molecule has 0 bridgehead atoms. The molecule has 0 saturated heterocycles. The lowest BCUT2D eigenvalue weighted by atomic mass is 9.81. The van der Waals surface area contributed by atoms with Crippen molar-refractivity contribution in [3.8, 4) is 5.75 Å². The lowest BCUT2D eigenvalue weighted by molar-refractivity contribution is -0.401. The van der Waals surface area contributed by atoms with Gasteiger partial charge in [-0.3, -0.25) is 0 Å². The third kappa shape index (κ3) is 5.10. The van der Waals surface area contributed by atoms with Crippen molar-refractivity contribution >= 4 is 44.2 Å². The number of allylic oxidation sites excluding steroid dienone is 1. The van der Waals surface area contributed by atoms with E-state index in [4.69, 9.17) is 4.74 Å². The Bertz CT molecular complexity index is 1790. The van der Waals surface area contributed by atoms with E-state index >= 15 is 0 Å². The first-order chi connectivity index (χ1) is 19.0. The molecule has 5 rings (SSSR count). The summed E-state index contributed by atoms with van der Waals surface area (Å²) < 4.78 is 36.2. The zero-order valence-corrected chi connectivity index (χ0v) is 24.1. The summed E-state index contributed by atoms with van der Waals surface area (Å²) in [6, 6.07) is 25.2. The molecule has 1 heterocycles. The first-order valence-corrected chi connectivity index (χ1v) is 14.7. The minimum atomic E-state index is -3.90. The number of sulfonamides is 1. The smallest absolute Gasteiger partial charge is 0.329 e. The number of para-hydroxylation sites is 1. The summed E-state index contributed by atoms with van der Waals surface area (Å²) >= 11 is 0. The highest BCUT2D eigenvalue weighted by Gasteiger charge is 2.42. The quantitative estimate of drug-likeness (QED) is 0.169. The standard InChI is InChI=1S/C33H33N2O4S/c1-22-14-17-25(18-15-22)40(37,38)34-23(2)32(36)39-30-20-16-24-10-6-7-11-26(24)27(30)19-21-31-33(3,4)28-12-8-9-13-29(28)35(31)5/h6-21,23,34H,1-5H3/q+1. The zero-order chi connectivity index (χ0) is 28.7. The first-order valence-electron chi connectivity index (χ1n) is 13.2. The number of nitrogens with zero attached hydrogens (tertiary/aromatic N) is 1. The minimum Gasteiger partial charge on any atom is -0.425 e. The van der Waals surface area contributed by atoms with E-state index < -0.39 is 22.0 Å². The molecular weight excluding hydrogens is 520 g/mol. The highest BCUT2D eigenvalue weighted by atomic mass is 32.2. The van der Waals surface area contributed by atoms with E-state index in [1.54, 1.807) is 18.2 Å². The average molecular weight is 554 g/mol. The highest BCUT2D eigenvalue weighted by molar-refractivity contribution is 7.89. The molecule has 1 unspecified atom stereocenters. The van der Waals surface area contributed by atoms with E-state index in [9.17, 15) is 13.2 Å².